The lowest BCUT2D eigenvalue weighted by Gasteiger charge is -2.35. The standard InChI is InChI=1S/C21H25F3N2O2.C2H2O4/c1-27-19-5-3-4-17(20(19)28-2)15-26-12-10-25(11-13-26)14-16-6-8-18(9-7-16)21(22,23)24;3-1(4)2(5)6/h3-9H,10-15H2,1-2H3;(H,3,4)(H,5,6). The maximum atomic E-state index is 12.7. The molecule has 1 fully saturated rings. The summed E-state index contributed by atoms with van der Waals surface area (Å²) in [4.78, 5) is 22.8. The lowest BCUT2D eigenvalue weighted by molar-refractivity contribution is -0.159. The number of halogens is 3. The number of piperazine rings is 1. The summed E-state index contributed by atoms with van der Waals surface area (Å²) < 4.78 is 48.9. The number of benzene rings is 2. The summed E-state index contributed by atoms with van der Waals surface area (Å²) in [5.41, 5.74) is 1.38. The first kappa shape index (κ1) is 26.9. The van der Waals surface area contributed by atoms with Crippen molar-refractivity contribution in [3.63, 3.8) is 0 Å². The Hall–Kier alpha value is -3.31. The number of carboxylic acid groups (broad SMARTS) is 2. The fourth-order valence-electron chi connectivity index (χ4n) is 3.48. The van der Waals surface area contributed by atoms with E-state index in [-0.39, 0.29) is 0 Å². The third-order valence-corrected chi connectivity index (χ3v) is 5.21. The van der Waals surface area contributed by atoms with E-state index >= 15 is 0 Å². The number of nitrogens with zero attached hydrogens (tertiary/aromatic N) is 2. The van der Waals surface area contributed by atoms with Crippen molar-refractivity contribution in [1.29, 1.82) is 0 Å². The van der Waals surface area contributed by atoms with Crippen molar-refractivity contribution < 1.29 is 42.4 Å². The van der Waals surface area contributed by atoms with Crippen LogP contribution in [0.4, 0.5) is 13.2 Å². The summed E-state index contributed by atoms with van der Waals surface area (Å²) in [6, 6.07) is 11.3. The first-order chi connectivity index (χ1) is 16.0. The molecule has 2 N–H and O–H groups in total. The number of hydrogen-bond acceptors (Lipinski definition) is 6. The van der Waals surface area contributed by atoms with Gasteiger partial charge in [0.05, 0.1) is 19.8 Å². The molecule has 1 aliphatic heterocycles. The fourth-order valence-corrected chi connectivity index (χ4v) is 3.48. The number of aliphatic carboxylic acids is 2. The lowest BCUT2D eigenvalue weighted by atomic mass is 10.1. The minimum absolute atomic E-state index is 0.603. The lowest BCUT2D eigenvalue weighted by Crippen LogP contribution is -2.45. The highest BCUT2D eigenvalue weighted by atomic mass is 19.4. The molecular formula is C23H27F3N2O6. The molecule has 0 bridgehead atoms. The van der Waals surface area contributed by atoms with Gasteiger partial charge in [-0.25, -0.2) is 9.59 Å². The van der Waals surface area contributed by atoms with Crippen molar-refractivity contribution in [2.75, 3.05) is 40.4 Å². The average Bonchev–Trinajstić information content (AvgIpc) is 2.80. The van der Waals surface area contributed by atoms with Crippen LogP contribution in [0.15, 0.2) is 42.5 Å². The van der Waals surface area contributed by atoms with Gasteiger partial charge in [-0.05, 0) is 23.8 Å². The Labute approximate surface area is 195 Å². The van der Waals surface area contributed by atoms with Crippen LogP contribution in [0.5, 0.6) is 11.5 Å². The first-order valence-electron chi connectivity index (χ1n) is 10.3. The van der Waals surface area contributed by atoms with E-state index in [9.17, 15) is 13.2 Å². The van der Waals surface area contributed by atoms with Gasteiger partial charge in [-0.3, -0.25) is 9.80 Å². The summed E-state index contributed by atoms with van der Waals surface area (Å²) in [7, 11) is 3.27. The molecule has 0 unspecified atom stereocenters. The third-order valence-electron chi connectivity index (χ3n) is 5.21. The zero-order valence-corrected chi connectivity index (χ0v) is 18.8. The number of para-hydroxylation sites is 1. The van der Waals surface area contributed by atoms with Crippen LogP contribution in [0.1, 0.15) is 16.7 Å². The second-order valence-corrected chi connectivity index (χ2v) is 7.51. The van der Waals surface area contributed by atoms with Gasteiger partial charge in [0.2, 0.25) is 0 Å². The van der Waals surface area contributed by atoms with E-state index in [1.165, 1.54) is 0 Å². The number of ether oxygens (including phenoxy) is 2. The smallest absolute Gasteiger partial charge is 0.416 e. The van der Waals surface area contributed by atoms with E-state index < -0.39 is 23.7 Å². The molecule has 2 aromatic carbocycles. The van der Waals surface area contributed by atoms with E-state index in [1.54, 1.807) is 26.4 Å². The summed E-state index contributed by atoms with van der Waals surface area (Å²) in [5.74, 6) is -2.16. The van der Waals surface area contributed by atoms with Crippen LogP contribution < -0.4 is 9.47 Å². The third kappa shape index (κ3) is 7.92. The second-order valence-electron chi connectivity index (χ2n) is 7.51. The SMILES string of the molecule is COc1cccc(CN2CCN(Cc3ccc(C(F)(F)F)cc3)CC2)c1OC.O=C(O)C(=O)O. The molecule has 1 heterocycles. The van der Waals surface area contributed by atoms with Gasteiger partial charge < -0.3 is 19.7 Å². The van der Waals surface area contributed by atoms with Crippen LogP contribution in [0, 0.1) is 0 Å². The molecule has 0 saturated carbocycles. The molecule has 0 spiro atoms. The number of carboxylic acids is 2. The Morgan fingerprint density at radius 3 is 1.82 bits per heavy atom. The normalized spacial score (nSPS) is 14.6. The van der Waals surface area contributed by atoms with Gasteiger partial charge in [-0.15, -0.1) is 0 Å². The van der Waals surface area contributed by atoms with Crippen molar-refractivity contribution in [2.45, 2.75) is 19.3 Å². The zero-order valence-electron chi connectivity index (χ0n) is 18.8. The molecule has 0 radical (unpaired) electrons. The topological polar surface area (TPSA) is 99.5 Å². The molecule has 34 heavy (non-hydrogen) atoms. The van der Waals surface area contributed by atoms with Crippen LogP contribution in [0.3, 0.4) is 0 Å². The fraction of sp³-hybridized carbons (Fsp3) is 0.391. The molecule has 0 aromatic heterocycles. The molecule has 3 rings (SSSR count). The van der Waals surface area contributed by atoms with Crippen molar-refractivity contribution in [3.05, 3.63) is 59.2 Å². The second kappa shape index (κ2) is 12.2. The number of methoxy groups -OCH3 is 2. The highest BCUT2D eigenvalue weighted by molar-refractivity contribution is 6.27. The molecular weight excluding hydrogens is 457 g/mol. The quantitative estimate of drug-likeness (QED) is 0.604. The Morgan fingerprint density at radius 1 is 0.853 bits per heavy atom. The predicted molar refractivity (Wildman–Crippen MR) is 117 cm³/mol. The Balaban J connectivity index is 0.000000604. The highest BCUT2D eigenvalue weighted by Gasteiger charge is 2.30. The van der Waals surface area contributed by atoms with Gasteiger partial charge in [0.25, 0.3) is 0 Å². The predicted octanol–water partition coefficient (Wildman–Crippen LogP) is 3.20. The Morgan fingerprint density at radius 2 is 1.38 bits per heavy atom. The van der Waals surface area contributed by atoms with Gasteiger partial charge >= 0.3 is 18.1 Å². The highest BCUT2D eigenvalue weighted by Crippen LogP contribution is 2.32. The van der Waals surface area contributed by atoms with Crippen LogP contribution >= 0.6 is 0 Å². The van der Waals surface area contributed by atoms with Crippen LogP contribution in [0.2, 0.25) is 0 Å². The van der Waals surface area contributed by atoms with Gasteiger partial charge in [0.15, 0.2) is 11.5 Å². The van der Waals surface area contributed by atoms with Gasteiger partial charge in [-0.1, -0.05) is 24.3 Å². The van der Waals surface area contributed by atoms with Crippen LogP contribution in [0.25, 0.3) is 0 Å². The molecule has 8 nitrogen and oxygen atoms in total. The van der Waals surface area contributed by atoms with Crippen molar-refractivity contribution in [2.24, 2.45) is 0 Å². The molecule has 0 atom stereocenters. The summed E-state index contributed by atoms with van der Waals surface area (Å²) in [5, 5.41) is 14.8. The average molecular weight is 484 g/mol. The number of rotatable bonds is 6. The number of hydrogen-bond donors (Lipinski definition) is 2. The summed E-state index contributed by atoms with van der Waals surface area (Å²) in [6.45, 7) is 4.95. The number of alkyl halides is 3. The van der Waals surface area contributed by atoms with E-state index in [1.807, 2.05) is 18.2 Å². The van der Waals surface area contributed by atoms with Crippen molar-refractivity contribution in [1.82, 2.24) is 9.80 Å². The maximum absolute atomic E-state index is 12.7. The van der Waals surface area contributed by atoms with Crippen LogP contribution in [-0.4, -0.2) is 72.4 Å². The van der Waals surface area contributed by atoms with Gasteiger partial charge in [-0.2, -0.15) is 13.2 Å². The minimum atomic E-state index is -4.29. The first-order valence-corrected chi connectivity index (χ1v) is 10.3. The minimum Gasteiger partial charge on any atom is -0.493 e. The molecule has 186 valence electrons. The Bertz CT molecular complexity index is 946. The van der Waals surface area contributed by atoms with E-state index in [4.69, 9.17) is 29.3 Å². The molecule has 1 aliphatic rings. The van der Waals surface area contributed by atoms with Crippen molar-refractivity contribution in [3.8, 4) is 11.5 Å². The molecule has 0 amide bonds. The van der Waals surface area contributed by atoms with Crippen LogP contribution in [-0.2, 0) is 28.9 Å². The zero-order chi connectivity index (χ0) is 25.3. The summed E-state index contributed by atoms with van der Waals surface area (Å²) >= 11 is 0. The monoisotopic (exact) mass is 484 g/mol. The molecule has 2 aromatic rings. The van der Waals surface area contributed by atoms with Gasteiger partial charge in [0, 0.05) is 44.8 Å². The molecule has 1 saturated heterocycles. The largest absolute Gasteiger partial charge is 0.493 e. The van der Waals surface area contributed by atoms with E-state index in [0.29, 0.717) is 6.54 Å². The molecule has 11 heteroatoms. The molecule has 0 aliphatic carbocycles. The van der Waals surface area contributed by atoms with E-state index in [2.05, 4.69) is 9.80 Å². The van der Waals surface area contributed by atoms with E-state index in [0.717, 1.165) is 67.5 Å². The summed E-state index contributed by atoms with van der Waals surface area (Å²) in [6.07, 6.45) is -4.29. The maximum Gasteiger partial charge on any atom is 0.416 e. The number of carbonyl (C=O) groups is 2. The van der Waals surface area contributed by atoms with Gasteiger partial charge in [0.1, 0.15) is 0 Å². The van der Waals surface area contributed by atoms with Crippen molar-refractivity contribution >= 4 is 11.9 Å². The Kier molecular flexibility index (Phi) is 9.69.